The van der Waals surface area contributed by atoms with Gasteiger partial charge in [0.25, 0.3) is 0 Å². The number of morpholine rings is 1. The van der Waals surface area contributed by atoms with Crippen LogP contribution in [0.1, 0.15) is 31.2 Å². The van der Waals surface area contributed by atoms with E-state index < -0.39 is 0 Å². The second-order valence-electron chi connectivity index (χ2n) is 8.07. The van der Waals surface area contributed by atoms with Crippen LogP contribution < -0.4 is 15.4 Å². The molecule has 4 rings (SSSR count). The molecule has 2 aromatic carbocycles. The first-order valence-electron chi connectivity index (χ1n) is 10.9. The maximum atomic E-state index is 12.5. The number of hydrogen-bond donors (Lipinski definition) is 2. The summed E-state index contributed by atoms with van der Waals surface area (Å²) in [6.07, 6.45) is 4.82. The third kappa shape index (κ3) is 5.97. The molecule has 30 heavy (non-hydrogen) atoms. The number of carbonyl (C=O) groups is 1. The molecule has 0 bridgehead atoms. The van der Waals surface area contributed by atoms with Crippen molar-refractivity contribution in [2.24, 2.45) is 0 Å². The minimum absolute atomic E-state index is 0.0156. The molecule has 2 amide bonds. The lowest BCUT2D eigenvalue weighted by Crippen LogP contribution is -2.47. The zero-order valence-electron chi connectivity index (χ0n) is 17.4. The van der Waals surface area contributed by atoms with E-state index in [1.807, 2.05) is 30.3 Å². The lowest BCUT2D eigenvalue weighted by Gasteiger charge is -2.33. The Bertz CT molecular complexity index is 808. The minimum Gasteiger partial charge on any atom is -0.488 e. The zero-order valence-corrected chi connectivity index (χ0v) is 17.4. The fourth-order valence-electron chi connectivity index (χ4n) is 4.12. The van der Waals surface area contributed by atoms with Gasteiger partial charge in [-0.1, -0.05) is 42.5 Å². The maximum Gasteiger partial charge on any atom is 0.319 e. The van der Waals surface area contributed by atoms with Gasteiger partial charge in [0.2, 0.25) is 0 Å². The normalized spacial score (nSPS) is 20.1. The summed E-state index contributed by atoms with van der Waals surface area (Å²) in [5.74, 6) is 0.738. The Balaban J connectivity index is 1.24. The number of hydrogen-bond acceptors (Lipinski definition) is 4. The molecule has 1 saturated heterocycles. The molecular formula is C24H31N3O3. The number of nitrogens with one attached hydrogen (secondary N) is 2. The number of rotatable bonds is 7. The molecule has 2 fully saturated rings. The molecule has 2 N–H and O–H groups in total. The third-order valence-electron chi connectivity index (χ3n) is 5.69. The van der Waals surface area contributed by atoms with Crippen LogP contribution in [0.4, 0.5) is 10.5 Å². The molecule has 0 spiro atoms. The van der Waals surface area contributed by atoms with Crippen LogP contribution in [0.15, 0.2) is 54.6 Å². The summed E-state index contributed by atoms with van der Waals surface area (Å²) in [6.45, 7) is 3.76. The van der Waals surface area contributed by atoms with Crippen LogP contribution in [-0.2, 0) is 11.3 Å². The average molecular weight is 410 g/mol. The summed E-state index contributed by atoms with van der Waals surface area (Å²) in [5.41, 5.74) is 2.00. The first-order valence-corrected chi connectivity index (χ1v) is 10.9. The number of amides is 2. The summed E-state index contributed by atoms with van der Waals surface area (Å²) in [7, 11) is 0. The van der Waals surface area contributed by atoms with Crippen LogP contribution in [0.3, 0.4) is 0 Å². The predicted molar refractivity (Wildman–Crippen MR) is 118 cm³/mol. The SMILES string of the molecule is O=C(NCC1CN(Cc2ccccc2)CCO1)Nc1ccccc1OC1CCCC1. The van der Waals surface area contributed by atoms with Crippen molar-refractivity contribution in [1.29, 1.82) is 0 Å². The van der Waals surface area contributed by atoms with Gasteiger partial charge in [0, 0.05) is 26.2 Å². The molecule has 1 heterocycles. The molecule has 0 aromatic heterocycles. The number of carbonyl (C=O) groups excluding carboxylic acids is 1. The van der Waals surface area contributed by atoms with Gasteiger partial charge in [0.1, 0.15) is 5.75 Å². The summed E-state index contributed by atoms with van der Waals surface area (Å²) in [5, 5.41) is 5.88. The number of nitrogens with zero attached hydrogens (tertiary/aromatic N) is 1. The fraction of sp³-hybridized carbons (Fsp3) is 0.458. The van der Waals surface area contributed by atoms with E-state index in [2.05, 4.69) is 39.8 Å². The molecule has 1 aliphatic carbocycles. The van der Waals surface area contributed by atoms with Gasteiger partial charge < -0.3 is 20.1 Å². The molecule has 6 heteroatoms. The van der Waals surface area contributed by atoms with Crippen LogP contribution in [-0.4, -0.2) is 49.4 Å². The second kappa shape index (κ2) is 10.5. The zero-order chi connectivity index (χ0) is 20.6. The summed E-state index contributed by atoms with van der Waals surface area (Å²) in [6, 6.07) is 17.8. The van der Waals surface area contributed by atoms with Crippen LogP contribution in [0.25, 0.3) is 0 Å². The number of anilines is 1. The highest BCUT2D eigenvalue weighted by Crippen LogP contribution is 2.29. The summed E-state index contributed by atoms with van der Waals surface area (Å²) < 4.78 is 11.9. The van der Waals surface area contributed by atoms with Crippen molar-refractivity contribution >= 4 is 11.7 Å². The Kier molecular flexibility index (Phi) is 7.21. The van der Waals surface area contributed by atoms with Crippen LogP contribution in [0, 0.1) is 0 Å². The maximum absolute atomic E-state index is 12.5. The van der Waals surface area contributed by atoms with Gasteiger partial charge in [-0.25, -0.2) is 4.79 Å². The Hall–Kier alpha value is -2.57. The van der Waals surface area contributed by atoms with Gasteiger partial charge in [-0.15, -0.1) is 0 Å². The number of urea groups is 1. The first-order chi connectivity index (χ1) is 14.8. The molecule has 1 aliphatic heterocycles. The largest absolute Gasteiger partial charge is 0.488 e. The summed E-state index contributed by atoms with van der Waals surface area (Å²) >= 11 is 0. The molecule has 1 unspecified atom stereocenters. The van der Waals surface area contributed by atoms with E-state index in [0.717, 1.165) is 38.2 Å². The Labute approximate surface area is 178 Å². The van der Waals surface area contributed by atoms with Crippen molar-refractivity contribution in [3.05, 3.63) is 60.2 Å². The van der Waals surface area contributed by atoms with E-state index in [0.29, 0.717) is 18.8 Å². The molecular weight excluding hydrogens is 378 g/mol. The van der Waals surface area contributed by atoms with Crippen LogP contribution in [0.2, 0.25) is 0 Å². The lowest BCUT2D eigenvalue weighted by atomic mass is 10.2. The molecule has 1 atom stereocenters. The van der Waals surface area contributed by atoms with Gasteiger partial charge in [0.15, 0.2) is 0 Å². The van der Waals surface area contributed by atoms with E-state index in [1.165, 1.54) is 18.4 Å². The minimum atomic E-state index is -0.235. The highest BCUT2D eigenvalue weighted by molar-refractivity contribution is 5.90. The lowest BCUT2D eigenvalue weighted by molar-refractivity contribution is -0.0285. The van der Waals surface area contributed by atoms with E-state index in [4.69, 9.17) is 9.47 Å². The monoisotopic (exact) mass is 409 g/mol. The highest BCUT2D eigenvalue weighted by atomic mass is 16.5. The Morgan fingerprint density at radius 2 is 1.83 bits per heavy atom. The first kappa shape index (κ1) is 20.7. The number of benzene rings is 2. The van der Waals surface area contributed by atoms with Crippen molar-refractivity contribution < 1.29 is 14.3 Å². The smallest absolute Gasteiger partial charge is 0.319 e. The molecule has 2 aliphatic rings. The molecule has 160 valence electrons. The fourth-order valence-corrected chi connectivity index (χ4v) is 4.12. The van der Waals surface area contributed by atoms with Crippen molar-refractivity contribution in [3.63, 3.8) is 0 Å². The number of ether oxygens (including phenoxy) is 2. The molecule has 0 radical (unpaired) electrons. The third-order valence-corrected chi connectivity index (χ3v) is 5.69. The van der Waals surface area contributed by atoms with Gasteiger partial charge in [-0.3, -0.25) is 4.90 Å². The van der Waals surface area contributed by atoms with E-state index >= 15 is 0 Å². The van der Waals surface area contributed by atoms with Crippen LogP contribution >= 0.6 is 0 Å². The van der Waals surface area contributed by atoms with Crippen LogP contribution in [0.5, 0.6) is 5.75 Å². The van der Waals surface area contributed by atoms with E-state index in [1.54, 1.807) is 0 Å². The van der Waals surface area contributed by atoms with Crippen molar-refractivity contribution in [2.75, 3.05) is 31.6 Å². The van der Waals surface area contributed by atoms with E-state index in [-0.39, 0.29) is 18.2 Å². The van der Waals surface area contributed by atoms with Gasteiger partial charge in [-0.2, -0.15) is 0 Å². The standard InChI is InChI=1S/C24H31N3O3/c28-24(26-22-12-6-7-13-23(22)30-20-10-4-5-11-20)25-16-21-18-27(14-15-29-21)17-19-8-2-1-3-9-19/h1-3,6-9,12-13,20-21H,4-5,10-11,14-18H2,(H2,25,26,28). The highest BCUT2D eigenvalue weighted by Gasteiger charge is 2.22. The van der Waals surface area contributed by atoms with Gasteiger partial charge >= 0.3 is 6.03 Å². The predicted octanol–water partition coefficient (Wildman–Crippen LogP) is 4.03. The van der Waals surface area contributed by atoms with Crippen molar-refractivity contribution in [2.45, 2.75) is 44.4 Å². The topological polar surface area (TPSA) is 62.8 Å². The van der Waals surface area contributed by atoms with Crippen molar-refractivity contribution in [3.8, 4) is 5.75 Å². The Morgan fingerprint density at radius 1 is 1.07 bits per heavy atom. The number of para-hydroxylation sites is 2. The van der Waals surface area contributed by atoms with Crippen molar-refractivity contribution in [1.82, 2.24) is 10.2 Å². The summed E-state index contributed by atoms with van der Waals surface area (Å²) in [4.78, 5) is 14.8. The second-order valence-corrected chi connectivity index (χ2v) is 8.07. The van der Waals surface area contributed by atoms with E-state index in [9.17, 15) is 4.79 Å². The quantitative estimate of drug-likeness (QED) is 0.725. The molecule has 6 nitrogen and oxygen atoms in total. The van der Waals surface area contributed by atoms with Gasteiger partial charge in [-0.05, 0) is 43.4 Å². The van der Waals surface area contributed by atoms with Gasteiger partial charge in [0.05, 0.1) is 24.5 Å². The average Bonchev–Trinajstić information content (AvgIpc) is 3.28. The Morgan fingerprint density at radius 3 is 2.67 bits per heavy atom. The molecule has 2 aromatic rings. The molecule has 1 saturated carbocycles.